The van der Waals surface area contributed by atoms with Gasteiger partial charge in [-0.3, -0.25) is 4.79 Å². The highest BCUT2D eigenvalue weighted by Gasteiger charge is 2.07. The fraction of sp³-hybridized carbons (Fsp3) is 0.462. The Kier molecular flexibility index (Phi) is 7.43. The minimum atomic E-state index is -0.819. The molecule has 1 aromatic carbocycles. The first kappa shape index (κ1) is 15.9. The van der Waals surface area contributed by atoms with E-state index in [1.165, 1.54) is 30.0 Å². The maximum Gasteiger partial charge on any atom is 0.313 e. The van der Waals surface area contributed by atoms with Gasteiger partial charge in [-0.15, -0.1) is 11.8 Å². The van der Waals surface area contributed by atoms with Crippen molar-refractivity contribution in [1.29, 1.82) is 0 Å². The van der Waals surface area contributed by atoms with Crippen LogP contribution >= 0.6 is 11.8 Å². The lowest BCUT2D eigenvalue weighted by Crippen LogP contribution is -2.19. The van der Waals surface area contributed by atoms with Crippen LogP contribution in [0.1, 0.15) is 12.0 Å². The lowest BCUT2D eigenvalue weighted by molar-refractivity contribution is -0.133. The van der Waals surface area contributed by atoms with Crippen molar-refractivity contribution in [3.63, 3.8) is 0 Å². The van der Waals surface area contributed by atoms with Gasteiger partial charge in [-0.05, 0) is 31.5 Å². The summed E-state index contributed by atoms with van der Waals surface area (Å²) in [5, 5.41) is 11.5. The molecule has 1 aromatic rings. The van der Waals surface area contributed by atoms with Crippen LogP contribution in [0.15, 0.2) is 18.2 Å². The molecule has 0 heterocycles. The highest BCUT2D eigenvalue weighted by Crippen LogP contribution is 2.13. The number of thioether (sulfide) groups is 1. The monoisotopic (exact) mass is 289 g/mol. The molecule has 106 valence electrons. The maximum absolute atomic E-state index is 13.3. The zero-order valence-corrected chi connectivity index (χ0v) is 11.3. The van der Waals surface area contributed by atoms with Gasteiger partial charge < -0.3 is 10.4 Å². The number of aliphatic carboxylic acids is 1. The lowest BCUT2D eigenvalue weighted by atomic mass is 10.1. The highest BCUT2D eigenvalue weighted by atomic mass is 32.2. The van der Waals surface area contributed by atoms with Crippen molar-refractivity contribution in [3.8, 4) is 0 Å². The molecule has 1 rings (SSSR count). The van der Waals surface area contributed by atoms with E-state index in [0.717, 1.165) is 0 Å². The predicted octanol–water partition coefficient (Wildman–Crippen LogP) is 2.30. The summed E-state index contributed by atoms with van der Waals surface area (Å²) in [6, 6.07) is 3.87. The number of hydrogen-bond acceptors (Lipinski definition) is 3. The summed E-state index contributed by atoms with van der Waals surface area (Å²) in [4.78, 5) is 10.2. The molecule has 6 heteroatoms. The molecule has 0 spiro atoms. The molecule has 0 amide bonds. The number of carboxylic acid groups (broad SMARTS) is 1. The van der Waals surface area contributed by atoms with Gasteiger partial charge in [0.2, 0.25) is 0 Å². The van der Waals surface area contributed by atoms with Gasteiger partial charge in [-0.1, -0.05) is 6.07 Å². The SMILES string of the molecule is O=C(O)CSCCNCCCc1c(F)cccc1F. The first-order chi connectivity index (χ1) is 9.11. The first-order valence-corrected chi connectivity index (χ1v) is 7.20. The molecule has 0 unspecified atom stereocenters. The Hall–Kier alpha value is -1.14. The summed E-state index contributed by atoms with van der Waals surface area (Å²) in [5.41, 5.74) is 0.129. The second kappa shape index (κ2) is 8.87. The van der Waals surface area contributed by atoms with E-state index >= 15 is 0 Å². The largest absolute Gasteiger partial charge is 0.481 e. The van der Waals surface area contributed by atoms with Gasteiger partial charge in [0.1, 0.15) is 11.6 Å². The number of carboxylic acids is 1. The topological polar surface area (TPSA) is 49.3 Å². The molecule has 0 fully saturated rings. The number of nitrogens with one attached hydrogen (secondary N) is 1. The van der Waals surface area contributed by atoms with Gasteiger partial charge in [0.05, 0.1) is 5.75 Å². The zero-order valence-electron chi connectivity index (χ0n) is 10.5. The molecule has 0 saturated heterocycles. The summed E-state index contributed by atoms with van der Waals surface area (Å²) in [7, 11) is 0. The standard InChI is InChI=1S/C13H17F2NO2S/c14-11-4-1-5-12(15)10(11)3-2-6-16-7-8-19-9-13(17)18/h1,4-5,16H,2-3,6-9H2,(H,17,18). The van der Waals surface area contributed by atoms with Crippen molar-refractivity contribution in [2.75, 3.05) is 24.6 Å². The Morgan fingerprint density at radius 2 is 1.95 bits per heavy atom. The molecule has 2 N–H and O–H groups in total. The molecule has 0 saturated carbocycles. The second-order valence-electron chi connectivity index (χ2n) is 4.00. The van der Waals surface area contributed by atoms with Crippen LogP contribution < -0.4 is 5.32 Å². The van der Waals surface area contributed by atoms with Crippen LogP contribution in [0.25, 0.3) is 0 Å². The van der Waals surface area contributed by atoms with Crippen LogP contribution in [0.4, 0.5) is 8.78 Å². The lowest BCUT2D eigenvalue weighted by Gasteiger charge is -2.06. The highest BCUT2D eigenvalue weighted by molar-refractivity contribution is 7.99. The van der Waals surface area contributed by atoms with E-state index < -0.39 is 17.6 Å². The third-order valence-electron chi connectivity index (χ3n) is 2.49. The normalized spacial score (nSPS) is 10.6. The molecule has 0 aromatic heterocycles. The van der Waals surface area contributed by atoms with Crippen molar-refractivity contribution < 1.29 is 18.7 Å². The molecule has 0 aliphatic heterocycles. The molecule has 0 aliphatic carbocycles. The summed E-state index contributed by atoms with van der Waals surface area (Å²) < 4.78 is 26.6. The molecule has 19 heavy (non-hydrogen) atoms. The van der Waals surface area contributed by atoms with Crippen molar-refractivity contribution in [2.45, 2.75) is 12.8 Å². The quantitative estimate of drug-likeness (QED) is 0.685. The summed E-state index contributed by atoms with van der Waals surface area (Å²) in [5.74, 6) is -1.02. The summed E-state index contributed by atoms with van der Waals surface area (Å²) >= 11 is 1.34. The van der Waals surface area contributed by atoms with E-state index in [1.54, 1.807) is 0 Å². The molecular formula is C13H17F2NO2S. The van der Waals surface area contributed by atoms with E-state index in [9.17, 15) is 13.6 Å². The minimum Gasteiger partial charge on any atom is -0.481 e. The van der Waals surface area contributed by atoms with Gasteiger partial charge >= 0.3 is 5.97 Å². The van der Waals surface area contributed by atoms with Crippen LogP contribution in [0.5, 0.6) is 0 Å². The van der Waals surface area contributed by atoms with Crippen molar-refractivity contribution in [1.82, 2.24) is 5.32 Å². The predicted molar refractivity (Wildman–Crippen MR) is 72.5 cm³/mol. The number of carbonyl (C=O) groups is 1. The summed E-state index contributed by atoms with van der Waals surface area (Å²) in [6.45, 7) is 1.35. The zero-order chi connectivity index (χ0) is 14.1. The second-order valence-corrected chi connectivity index (χ2v) is 5.11. The van der Waals surface area contributed by atoms with Crippen LogP contribution in [0.2, 0.25) is 0 Å². The first-order valence-electron chi connectivity index (χ1n) is 6.04. The van der Waals surface area contributed by atoms with Gasteiger partial charge in [-0.2, -0.15) is 0 Å². The number of halogens is 2. The Morgan fingerprint density at radius 3 is 2.58 bits per heavy atom. The van der Waals surface area contributed by atoms with Crippen LogP contribution in [0, 0.1) is 11.6 Å². The number of benzene rings is 1. The van der Waals surface area contributed by atoms with Gasteiger partial charge in [0, 0.05) is 17.9 Å². The third-order valence-corrected chi connectivity index (χ3v) is 3.43. The Labute approximate surface area is 115 Å². The van der Waals surface area contributed by atoms with Gasteiger partial charge in [-0.25, -0.2) is 8.78 Å². The van der Waals surface area contributed by atoms with Gasteiger partial charge in [0.25, 0.3) is 0 Å². The van der Waals surface area contributed by atoms with Crippen molar-refractivity contribution >= 4 is 17.7 Å². The minimum absolute atomic E-state index is 0.0993. The van der Waals surface area contributed by atoms with E-state index in [1.807, 2.05) is 0 Å². The number of hydrogen-bond donors (Lipinski definition) is 2. The van der Waals surface area contributed by atoms with E-state index in [0.29, 0.717) is 31.7 Å². The van der Waals surface area contributed by atoms with Crippen LogP contribution in [-0.4, -0.2) is 35.7 Å². The van der Waals surface area contributed by atoms with E-state index in [-0.39, 0.29) is 11.3 Å². The molecule has 0 radical (unpaired) electrons. The smallest absolute Gasteiger partial charge is 0.313 e. The molecule has 0 bridgehead atoms. The number of rotatable bonds is 9. The third kappa shape index (κ3) is 6.54. The van der Waals surface area contributed by atoms with Crippen molar-refractivity contribution in [2.24, 2.45) is 0 Å². The molecular weight excluding hydrogens is 272 g/mol. The fourth-order valence-electron chi connectivity index (χ4n) is 1.59. The molecule has 0 aliphatic rings. The van der Waals surface area contributed by atoms with Crippen LogP contribution in [-0.2, 0) is 11.2 Å². The Morgan fingerprint density at radius 1 is 1.26 bits per heavy atom. The maximum atomic E-state index is 13.3. The van der Waals surface area contributed by atoms with Crippen LogP contribution in [0.3, 0.4) is 0 Å². The molecule has 0 atom stereocenters. The van der Waals surface area contributed by atoms with Gasteiger partial charge in [0.15, 0.2) is 0 Å². The van der Waals surface area contributed by atoms with E-state index in [4.69, 9.17) is 5.11 Å². The Balaban J connectivity index is 2.09. The Bertz CT molecular complexity index is 395. The summed E-state index contributed by atoms with van der Waals surface area (Å²) in [6.07, 6.45) is 0.995. The average Bonchev–Trinajstić information content (AvgIpc) is 2.35. The van der Waals surface area contributed by atoms with E-state index in [2.05, 4.69) is 5.32 Å². The fourth-order valence-corrected chi connectivity index (χ4v) is 2.20. The van der Waals surface area contributed by atoms with Crippen molar-refractivity contribution in [3.05, 3.63) is 35.4 Å². The molecule has 3 nitrogen and oxygen atoms in total. The average molecular weight is 289 g/mol.